The molecular weight excluding hydrogens is 279 g/mol. The van der Waals surface area contributed by atoms with E-state index in [2.05, 4.69) is 5.32 Å². The highest BCUT2D eigenvalue weighted by Crippen LogP contribution is 2.18. The standard InChI is InChI=1S/C15H14ClFN2O/c1-9-10(3-2-4-14(9)18)8-19-15(20)12-6-5-11(17)7-13(12)16/h2-7H,8,18H2,1H3,(H,19,20). The first-order chi connectivity index (χ1) is 9.49. The SMILES string of the molecule is Cc1c(N)cccc1CNC(=O)c1ccc(F)cc1Cl. The van der Waals surface area contributed by atoms with Crippen LogP contribution < -0.4 is 11.1 Å². The summed E-state index contributed by atoms with van der Waals surface area (Å²) in [5, 5.41) is 2.83. The molecule has 5 heteroatoms. The number of carbonyl (C=O) groups excluding carboxylic acids is 1. The van der Waals surface area contributed by atoms with E-state index < -0.39 is 5.82 Å². The molecule has 0 fully saturated rings. The van der Waals surface area contributed by atoms with Crippen LogP contribution in [0.2, 0.25) is 5.02 Å². The second-order valence-corrected chi connectivity index (χ2v) is 4.85. The lowest BCUT2D eigenvalue weighted by molar-refractivity contribution is 0.0951. The summed E-state index contributed by atoms with van der Waals surface area (Å²) >= 11 is 5.84. The summed E-state index contributed by atoms with van der Waals surface area (Å²) in [4.78, 5) is 12.0. The first kappa shape index (κ1) is 14.3. The van der Waals surface area contributed by atoms with Gasteiger partial charge in [-0.15, -0.1) is 0 Å². The normalized spacial score (nSPS) is 10.3. The van der Waals surface area contributed by atoms with Crippen molar-refractivity contribution >= 4 is 23.2 Å². The van der Waals surface area contributed by atoms with Crippen LogP contribution in [0.3, 0.4) is 0 Å². The van der Waals surface area contributed by atoms with Crippen LogP contribution in [0.25, 0.3) is 0 Å². The number of benzene rings is 2. The zero-order valence-electron chi connectivity index (χ0n) is 10.9. The van der Waals surface area contributed by atoms with Gasteiger partial charge < -0.3 is 11.1 Å². The van der Waals surface area contributed by atoms with E-state index in [1.807, 2.05) is 19.1 Å². The van der Waals surface area contributed by atoms with Crippen LogP contribution in [0.1, 0.15) is 21.5 Å². The van der Waals surface area contributed by atoms with Gasteiger partial charge in [-0.05, 0) is 42.3 Å². The van der Waals surface area contributed by atoms with Crippen molar-refractivity contribution in [1.82, 2.24) is 5.32 Å². The number of carbonyl (C=O) groups is 1. The Bertz CT molecular complexity index is 658. The molecule has 0 saturated heterocycles. The first-order valence-electron chi connectivity index (χ1n) is 6.06. The van der Waals surface area contributed by atoms with Gasteiger partial charge in [-0.2, -0.15) is 0 Å². The summed E-state index contributed by atoms with van der Waals surface area (Å²) in [5.74, 6) is -0.824. The molecular formula is C15H14ClFN2O. The summed E-state index contributed by atoms with van der Waals surface area (Å²) in [7, 11) is 0. The van der Waals surface area contributed by atoms with E-state index in [9.17, 15) is 9.18 Å². The molecule has 2 aromatic rings. The van der Waals surface area contributed by atoms with Gasteiger partial charge in [0.15, 0.2) is 0 Å². The minimum absolute atomic E-state index is 0.0896. The number of nitrogens with one attached hydrogen (secondary N) is 1. The zero-order valence-corrected chi connectivity index (χ0v) is 11.7. The third-order valence-corrected chi connectivity index (χ3v) is 3.42. The molecule has 2 rings (SSSR count). The Hall–Kier alpha value is -2.07. The molecule has 0 saturated carbocycles. The van der Waals surface area contributed by atoms with Crippen LogP contribution in [-0.2, 0) is 6.54 Å². The van der Waals surface area contributed by atoms with E-state index in [0.29, 0.717) is 12.2 Å². The van der Waals surface area contributed by atoms with Gasteiger partial charge in [-0.1, -0.05) is 23.7 Å². The first-order valence-corrected chi connectivity index (χ1v) is 6.44. The monoisotopic (exact) mass is 292 g/mol. The molecule has 1 amide bonds. The fourth-order valence-electron chi connectivity index (χ4n) is 1.84. The summed E-state index contributed by atoms with van der Waals surface area (Å²) in [6.45, 7) is 2.23. The van der Waals surface area contributed by atoms with Gasteiger partial charge in [-0.3, -0.25) is 4.79 Å². The largest absolute Gasteiger partial charge is 0.399 e. The second kappa shape index (κ2) is 5.92. The number of hydrogen-bond donors (Lipinski definition) is 2. The molecule has 0 atom stereocenters. The maximum Gasteiger partial charge on any atom is 0.253 e. The minimum Gasteiger partial charge on any atom is -0.399 e. The Kier molecular flexibility index (Phi) is 4.25. The maximum atomic E-state index is 12.9. The van der Waals surface area contributed by atoms with Crippen molar-refractivity contribution in [3.8, 4) is 0 Å². The number of nitrogens with two attached hydrogens (primary N) is 1. The van der Waals surface area contributed by atoms with E-state index in [1.54, 1.807) is 6.07 Å². The minimum atomic E-state index is -0.474. The molecule has 0 heterocycles. The summed E-state index contributed by atoms with van der Waals surface area (Å²) in [6, 6.07) is 9.19. The zero-order chi connectivity index (χ0) is 14.7. The van der Waals surface area contributed by atoms with Gasteiger partial charge in [-0.25, -0.2) is 4.39 Å². The molecule has 104 valence electrons. The van der Waals surface area contributed by atoms with E-state index in [4.69, 9.17) is 17.3 Å². The van der Waals surface area contributed by atoms with Gasteiger partial charge >= 0.3 is 0 Å². The van der Waals surface area contributed by atoms with Gasteiger partial charge in [0, 0.05) is 12.2 Å². The molecule has 20 heavy (non-hydrogen) atoms. The van der Waals surface area contributed by atoms with Crippen molar-refractivity contribution < 1.29 is 9.18 Å². The topological polar surface area (TPSA) is 55.1 Å². The van der Waals surface area contributed by atoms with Crippen LogP contribution in [0, 0.1) is 12.7 Å². The lowest BCUT2D eigenvalue weighted by Crippen LogP contribution is -2.23. The molecule has 0 aromatic heterocycles. The molecule has 0 aliphatic carbocycles. The van der Waals surface area contributed by atoms with Crippen LogP contribution in [-0.4, -0.2) is 5.91 Å². The highest BCUT2D eigenvalue weighted by Gasteiger charge is 2.11. The summed E-state index contributed by atoms with van der Waals surface area (Å²) < 4.78 is 12.9. The molecule has 0 aliphatic heterocycles. The van der Waals surface area contributed by atoms with Gasteiger partial charge in [0.1, 0.15) is 5.82 Å². The van der Waals surface area contributed by atoms with Crippen molar-refractivity contribution in [3.05, 3.63) is 63.9 Å². The number of amides is 1. The van der Waals surface area contributed by atoms with E-state index in [1.165, 1.54) is 12.1 Å². The Morgan fingerprint density at radius 3 is 2.80 bits per heavy atom. The average Bonchev–Trinajstić information content (AvgIpc) is 2.40. The Balaban J connectivity index is 2.11. The third-order valence-electron chi connectivity index (χ3n) is 3.10. The molecule has 2 aromatic carbocycles. The van der Waals surface area contributed by atoms with Crippen molar-refractivity contribution in [2.75, 3.05) is 5.73 Å². The maximum absolute atomic E-state index is 12.9. The lowest BCUT2D eigenvalue weighted by atomic mass is 10.1. The fraction of sp³-hybridized carbons (Fsp3) is 0.133. The average molecular weight is 293 g/mol. The number of hydrogen-bond acceptors (Lipinski definition) is 2. The van der Waals surface area contributed by atoms with Crippen molar-refractivity contribution in [1.29, 1.82) is 0 Å². The molecule has 0 radical (unpaired) electrons. The number of rotatable bonds is 3. The van der Waals surface area contributed by atoms with Crippen LogP contribution in [0.4, 0.5) is 10.1 Å². The number of halogens is 2. The van der Waals surface area contributed by atoms with Crippen LogP contribution >= 0.6 is 11.6 Å². The van der Waals surface area contributed by atoms with E-state index in [0.717, 1.165) is 17.2 Å². The highest BCUT2D eigenvalue weighted by atomic mass is 35.5. The van der Waals surface area contributed by atoms with Crippen molar-refractivity contribution in [2.24, 2.45) is 0 Å². The molecule has 0 aliphatic rings. The predicted molar refractivity (Wildman–Crippen MR) is 78.2 cm³/mol. The van der Waals surface area contributed by atoms with Crippen molar-refractivity contribution in [2.45, 2.75) is 13.5 Å². The van der Waals surface area contributed by atoms with Crippen molar-refractivity contribution in [3.63, 3.8) is 0 Å². The van der Waals surface area contributed by atoms with Gasteiger partial charge in [0.05, 0.1) is 10.6 Å². The smallest absolute Gasteiger partial charge is 0.253 e. The van der Waals surface area contributed by atoms with Gasteiger partial charge in [0.25, 0.3) is 5.91 Å². The summed E-state index contributed by atoms with van der Waals surface area (Å²) in [6.07, 6.45) is 0. The third kappa shape index (κ3) is 3.08. The molecule has 0 unspecified atom stereocenters. The second-order valence-electron chi connectivity index (χ2n) is 4.44. The van der Waals surface area contributed by atoms with Gasteiger partial charge in [0.2, 0.25) is 0 Å². The molecule has 0 bridgehead atoms. The molecule has 3 N–H and O–H groups in total. The molecule has 0 spiro atoms. The molecule has 3 nitrogen and oxygen atoms in total. The Morgan fingerprint density at radius 2 is 2.10 bits per heavy atom. The van der Waals surface area contributed by atoms with Crippen LogP contribution in [0.5, 0.6) is 0 Å². The van der Waals surface area contributed by atoms with E-state index in [-0.39, 0.29) is 16.5 Å². The predicted octanol–water partition coefficient (Wildman–Crippen LogP) is 3.30. The Morgan fingerprint density at radius 1 is 1.35 bits per heavy atom. The number of anilines is 1. The van der Waals surface area contributed by atoms with Crippen LogP contribution in [0.15, 0.2) is 36.4 Å². The van der Waals surface area contributed by atoms with E-state index >= 15 is 0 Å². The highest BCUT2D eigenvalue weighted by molar-refractivity contribution is 6.33. The number of nitrogen functional groups attached to an aromatic ring is 1. The fourth-order valence-corrected chi connectivity index (χ4v) is 2.09. The quantitative estimate of drug-likeness (QED) is 0.853. The lowest BCUT2D eigenvalue weighted by Gasteiger charge is -2.10. The summed E-state index contributed by atoms with van der Waals surface area (Å²) in [5.41, 5.74) is 8.58. The Labute approximate surface area is 121 Å².